The van der Waals surface area contributed by atoms with Crippen molar-refractivity contribution in [1.29, 1.82) is 0 Å². The third-order valence-electron chi connectivity index (χ3n) is 3.20. The first-order valence-electron chi connectivity index (χ1n) is 6.23. The van der Waals surface area contributed by atoms with E-state index in [4.69, 9.17) is 0 Å². The van der Waals surface area contributed by atoms with Crippen LogP contribution in [0.2, 0.25) is 0 Å². The van der Waals surface area contributed by atoms with Crippen LogP contribution in [0.4, 0.5) is 17.1 Å². The van der Waals surface area contributed by atoms with E-state index in [9.17, 15) is 15.3 Å². The van der Waals surface area contributed by atoms with Gasteiger partial charge < -0.3 is 0 Å². The molecule has 1 N–H and O–H groups in total. The number of anilines is 2. The highest BCUT2D eigenvalue weighted by molar-refractivity contribution is 5.95. The van der Waals surface area contributed by atoms with Gasteiger partial charge in [0.1, 0.15) is 0 Å². The molecule has 3 aromatic rings. The van der Waals surface area contributed by atoms with Crippen molar-refractivity contribution in [3.63, 3.8) is 0 Å². The van der Waals surface area contributed by atoms with Gasteiger partial charge in [0.15, 0.2) is 5.69 Å². The van der Waals surface area contributed by atoms with Crippen molar-refractivity contribution in [3.8, 4) is 0 Å². The van der Waals surface area contributed by atoms with Crippen molar-refractivity contribution in [1.82, 2.24) is 4.98 Å². The third kappa shape index (κ3) is 2.28. The number of hydrogen-bond donors (Lipinski definition) is 1. The van der Waals surface area contributed by atoms with Crippen molar-refractivity contribution in [2.75, 3.05) is 5.06 Å². The van der Waals surface area contributed by atoms with Crippen LogP contribution >= 0.6 is 0 Å². The lowest BCUT2D eigenvalue weighted by molar-refractivity contribution is -0.384. The van der Waals surface area contributed by atoms with Crippen LogP contribution in [0.15, 0.2) is 60.9 Å². The fraction of sp³-hybridized carbons (Fsp3) is 0. The zero-order chi connectivity index (χ0) is 14.8. The Hall–Kier alpha value is -2.99. The molecule has 0 fully saturated rings. The van der Waals surface area contributed by atoms with E-state index in [-0.39, 0.29) is 11.4 Å². The Kier molecular flexibility index (Phi) is 3.21. The number of fused-ring (bicyclic) bond motifs is 1. The maximum atomic E-state index is 11.1. The second-order valence-corrected chi connectivity index (χ2v) is 4.43. The fourth-order valence-corrected chi connectivity index (χ4v) is 2.22. The van der Waals surface area contributed by atoms with E-state index in [1.165, 1.54) is 18.5 Å². The lowest BCUT2D eigenvalue weighted by Gasteiger charge is -2.18. The highest BCUT2D eigenvalue weighted by Crippen LogP contribution is 2.34. The van der Waals surface area contributed by atoms with Crippen LogP contribution < -0.4 is 5.06 Å². The van der Waals surface area contributed by atoms with Gasteiger partial charge in [-0.3, -0.25) is 20.3 Å². The molecule has 0 amide bonds. The number of hydrogen-bond acceptors (Lipinski definition) is 5. The molecule has 0 aliphatic carbocycles. The molecule has 104 valence electrons. The summed E-state index contributed by atoms with van der Waals surface area (Å²) in [6.07, 6.45) is 2.58. The van der Waals surface area contributed by atoms with Gasteiger partial charge in [-0.2, -0.15) is 0 Å². The summed E-state index contributed by atoms with van der Waals surface area (Å²) in [6.45, 7) is 0. The van der Waals surface area contributed by atoms with Crippen LogP contribution in [0.5, 0.6) is 0 Å². The lowest BCUT2D eigenvalue weighted by atomic mass is 10.1. The average molecular weight is 281 g/mol. The van der Waals surface area contributed by atoms with E-state index in [0.717, 1.165) is 15.8 Å². The zero-order valence-electron chi connectivity index (χ0n) is 10.9. The van der Waals surface area contributed by atoms with Crippen LogP contribution in [-0.4, -0.2) is 15.1 Å². The summed E-state index contributed by atoms with van der Waals surface area (Å²) >= 11 is 0. The number of nitrogens with zero attached hydrogens (tertiary/aromatic N) is 3. The van der Waals surface area contributed by atoms with Gasteiger partial charge in [-0.05, 0) is 11.5 Å². The molecule has 0 unspecified atom stereocenters. The topological polar surface area (TPSA) is 79.5 Å². The number of benzene rings is 2. The van der Waals surface area contributed by atoms with Gasteiger partial charge in [0.25, 0.3) is 5.69 Å². The van der Waals surface area contributed by atoms with Crippen molar-refractivity contribution in [3.05, 3.63) is 71.0 Å². The molecule has 6 heteroatoms. The monoisotopic (exact) mass is 281 g/mol. The molecule has 0 saturated carbocycles. The van der Waals surface area contributed by atoms with Crippen molar-refractivity contribution in [2.45, 2.75) is 0 Å². The Morgan fingerprint density at radius 1 is 1.05 bits per heavy atom. The molecule has 1 aromatic heterocycles. The van der Waals surface area contributed by atoms with Crippen molar-refractivity contribution in [2.24, 2.45) is 0 Å². The van der Waals surface area contributed by atoms with Gasteiger partial charge in [-0.1, -0.05) is 36.4 Å². The quantitative estimate of drug-likeness (QED) is 0.585. The Morgan fingerprint density at radius 2 is 1.81 bits per heavy atom. The first kappa shape index (κ1) is 13.0. The molecule has 0 atom stereocenters. The smallest absolute Gasteiger partial charge is 0.283 e. The van der Waals surface area contributed by atoms with Gasteiger partial charge in [-0.25, -0.2) is 5.06 Å². The zero-order valence-corrected chi connectivity index (χ0v) is 10.9. The predicted molar refractivity (Wildman–Crippen MR) is 78.8 cm³/mol. The first-order valence-corrected chi connectivity index (χ1v) is 6.23. The van der Waals surface area contributed by atoms with E-state index < -0.39 is 4.92 Å². The molecule has 2 aromatic carbocycles. The molecular weight excluding hydrogens is 270 g/mol. The van der Waals surface area contributed by atoms with Gasteiger partial charge in [0.05, 0.1) is 16.8 Å². The number of pyridine rings is 1. The first-order chi connectivity index (χ1) is 10.2. The molecule has 0 radical (unpaired) electrons. The Bertz CT molecular complexity index is 815. The molecule has 6 nitrogen and oxygen atoms in total. The third-order valence-corrected chi connectivity index (χ3v) is 3.20. The number of nitro groups is 1. The standard InChI is InChI=1S/C15H11N3O3/c19-17(15-10-16-9-8-14(15)18(20)21)13-7-3-5-11-4-1-2-6-12(11)13/h1-10,19H. The van der Waals surface area contributed by atoms with E-state index >= 15 is 0 Å². The summed E-state index contributed by atoms with van der Waals surface area (Å²) < 4.78 is 0. The minimum absolute atomic E-state index is 0.0267. The summed E-state index contributed by atoms with van der Waals surface area (Å²) in [7, 11) is 0. The Morgan fingerprint density at radius 3 is 2.62 bits per heavy atom. The fourth-order valence-electron chi connectivity index (χ4n) is 2.22. The summed E-state index contributed by atoms with van der Waals surface area (Å²) in [5.74, 6) is 0. The average Bonchev–Trinajstić information content (AvgIpc) is 2.53. The lowest BCUT2D eigenvalue weighted by Crippen LogP contribution is -2.13. The van der Waals surface area contributed by atoms with E-state index in [1.807, 2.05) is 30.3 Å². The largest absolute Gasteiger partial charge is 0.298 e. The number of rotatable bonds is 3. The highest BCUT2D eigenvalue weighted by Gasteiger charge is 2.20. The highest BCUT2D eigenvalue weighted by atomic mass is 16.6. The molecule has 0 spiro atoms. The van der Waals surface area contributed by atoms with Gasteiger partial charge >= 0.3 is 0 Å². The maximum absolute atomic E-state index is 11.1. The molecule has 21 heavy (non-hydrogen) atoms. The van der Waals surface area contributed by atoms with Crippen LogP contribution in [-0.2, 0) is 0 Å². The van der Waals surface area contributed by atoms with Crippen LogP contribution in [0, 0.1) is 10.1 Å². The minimum atomic E-state index is -0.550. The summed E-state index contributed by atoms with van der Waals surface area (Å²) in [5.41, 5.74) is 0.281. The summed E-state index contributed by atoms with van der Waals surface area (Å²) in [6, 6.07) is 14.1. The molecule has 0 saturated heterocycles. The molecule has 3 rings (SSSR count). The SMILES string of the molecule is O=[N+]([O-])c1ccncc1N(O)c1cccc2ccccc12. The predicted octanol–water partition coefficient (Wildman–Crippen LogP) is 3.67. The van der Waals surface area contributed by atoms with Crippen molar-refractivity contribution < 1.29 is 10.1 Å². The second kappa shape index (κ2) is 5.18. The molecule has 0 aliphatic rings. The molecule has 0 aliphatic heterocycles. The minimum Gasteiger partial charge on any atom is -0.283 e. The Balaban J connectivity index is 2.18. The maximum Gasteiger partial charge on any atom is 0.298 e. The molecule has 1 heterocycles. The van der Waals surface area contributed by atoms with E-state index in [2.05, 4.69) is 4.98 Å². The van der Waals surface area contributed by atoms with E-state index in [1.54, 1.807) is 12.1 Å². The van der Waals surface area contributed by atoms with Crippen LogP contribution in [0.1, 0.15) is 0 Å². The van der Waals surface area contributed by atoms with E-state index in [0.29, 0.717) is 5.69 Å². The molecular formula is C15H11N3O3. The Labute approximate surface area is 120 Å². The number of aromatic nitrogens is 1. The summed E-state index contributed by atoms with van der Waals surface area (Å²) in [4.78, 5) is 14.4. The second-order valence-electron chi connectivity index (χ2n) is 4.43. The molecule has 0 bridgehead atoms. The van der Waals surface area contributed by atoms with Gasteiger partial charge in [-0.15, -0.1) is 0 Å². The summed E-state index contributed by atoms with van der Waals surface area (Å²) in [5, 5.41) is 24.0. The van der Waals surface area contributed by atoms with Gasteiger partial charge in [0, 0.05) is 17.6 Å². The normalized spacial score (nSPS) is 10.5. The van der Waals surface area contributed by atoms with Crippen molar-refractivity contribution >= 4 is 27.8 Å². The van der Waals surface area contributed by atoms with Crippen LogP contribution in [0.25, 0.3) is 10.8 Å². The van der Waals surface area contributed by atoms with Crippen LogP contribution in [0.3, 0.4) is 0 Å². The van der Waals surface area contributed by atoms with Gasteiger partial charge in [0.2, 0.25) is 0 Å².